The molecule has 0 aromatic carbocycles. The molecular formula is C11H21F2NO2. The normalized spacial score (nSPS) is 18.9. The van der Waals surface area contributed by atoms with Gasteiger partial charge >= 0.3 is 0 Å². The summed E-state index contributed by atoms with van der Waals surface area (Å²) in [5.41, 5.74) is 0. The monoisotopic (exact) mass is 237 g/mol. The van der Waals surface area contributed by atoms with E-state index in [9.17, 15) is 8.78 Å². The van der Waals surface area contributed by atoms with Crippen LogP contribution >= 0.6 is 0 Å². The molecule has 0 radical (unpaired) electrons. The van der Waals surface area contributed by atoms with Crippen molar-refractivity contribution in [3.05, 3.63) is 0 Å². The van der Waals surface area contributed by atoms with Gasteiger partial charge in [0.2, 0.25) is 0 Å². The molecule has 0 bridgehead atoms. The molecule has 1 heterocycles. The highest BCUT2D eigenvalue weighted by Crippen LogP contribution is 2.11. The summed E-state index contributed by atoms with van der Waals surface area (Å²) in [5.74, 6) is -2.70. The molecule has 0 aromatic heterocycles. The Morgan fingerprint density at radius 1 is 1.25 bits per heavy atom. The fourth-order valence-corrected chi connectivity index (χ4v) is 1.62. The topological polar surface area (TPSA) is 21.7 Å². The Morgan fingerprint density at radius 2 is 1.94 bits per heavy atom. The summed E-state index contributed by atoms with van der Waals surface area (Å²) in [7, 11) is 0. The van der Waals surface area contributed by atoms with Crippen LogP contribution in [0.5, 0.6) is 0 Å². The zero-order valence-corrected chi connectivity index (χ0v) is 9.88. The van der Waals surface area contributed by atoms with E-state index in [-0.39, 0.29) is 0 Å². The molecule has 0 amide bonds. The molecule has 96 valence electrons. The minimum Gasteiger partial charge on any atom is -0.379 e. The molecule has 0 aliphatic carbocycles. The summed E-state index contributed by atoms with van der Waals surface area (Å²) in [6.07, 6.45) is 1.84. The average Bonchev–Trinajstić information content (AvgIpc) is 2.23. The van der Waals surface area contributed by atoms with Gasteiger partial charge in [-0.05, 0) is 19.4 Å². The zero-order valence-electron chi connectivity index (χ0n) is 9.88. The van der Waals surface area contributed by atoms with Crippen molar-refractivity contribution < 1.29 is 18.3 Å². The van der Waals surface area contributed by atoms with Gasteiger partial charge in [-0.15, -0.1) is 0 Å². The second kappa shape index (κ2) is 7.14. The maximum atomic E-state index is 12.4. The number of morpholine rings is 1. The van der Waals surface area contributed by atoms with Crippen molar-refractivity contribution in [2.45, 2.75) is 25.7 Å². The lowest BCUT2D eigenvalue weighted by atomic mass is 10.3. The maximum absolute atomic E-state index is 12.4. The van der Waals surface area contributed by atoms with Gasteiger partial charge in [0.15, 0.2) is 0 Å². The third kappa shape index (κ3) is 7.09. The minimum atomic E-state index is -2.70. The molecule has 5 heteroatoms. The molecule has 1 fully saturated rings. The Kier molecular flexibility index (Phi) is 6.16. The van der Waals surface area contributed by atoms with Crippen molar-refractivity contribution in [2.75, 3.05) is 46.1 Å². The first-order valence-corrected chi connectivity index (χ1v) is 5.83. The van der Waals surface area contributed by atoms with Gasteiger partial charge in [0.05, 0.1) is 13.2 Å². The second-order valence-corrected chi connectivity index (χ2v) is 4.28. The fraction of sp³-hybridized carbons (Fsp3) is 1.00. The van der Waals surface area contributed by atoms with Crippen molar-refractivity contribution in [1.82, 2.24) is 4.90 Å². The minimum absolute atomic E-state index is 0.424. The van der Waals surface area contributed by atoms with Crippen LogP contribution < -0.4 is 0 Å². The summed E-state index contributed by atoms with van der Waals surface area (Å²) >= 11 is 0. The predicted octanol–water partition coefficient (Wildman–Crippen LogP) is 1.77. The Balaban J connectivity index is 1.87. The van der Waals surface area contributed by atoms with Gasteiger partial charge in [-0.1, -0.05) is 0 Å². The van der Waals surface area contributed by atoms with Gasteiger partial charge in [-0.2, -0.15) is 0 Å². The molecule has 0 spiro atoms. The Bertz CT molecular complexity index is 179. The van der Waals surface area contributed by atoms with Crippen LogP contribution in [0, 0.1) is 0 Å². The van der Waals surface area contributed by atoms with E-state index in [2.05, 4.69) is 4.90 Å². The number of halogens is 2. The molecule has 1 rings (SSSR count). The predicted molar refractivity (Wildman–Crippen MR) is 57.9 cm³/mol. The van der Waals surface area contributed by atoms with E-state index in [1.165, 1.54) is 0 Å². The van der Waals surface area contributed by atoms with Gasteiger partial charge in [0.25, 0.3) is 5.92 Å². The third-order valence-electron chi connectivity index (χ3n) is 2.47. The molecule has 1 aliphatic rings. The van der Waals surface area contributed by atoms with Crippen LogP contribution in [-0.4, -0.2) is 56.9 Å². The van der Waals surface area contributed by atoms with Crippen molar-refractivity contribution in [1.29, 1.82) is 0 Å². The Morgan fingerprint density at radius 3 is 2.56 bits per heavy atom. The number of rotatable bonds is 7. The van der Waals surface area contributed by atoms with Crippen LogP contribution in [0.1, 0.15) is 19.8 Å². The maximum Gasteiger partial charge on any atom is 0.268 e. The first-order chi connectivity index (χ1) is 7.58. The highest BCUT2D eigenvalue weighted by atomic mass is 19.3. The zero-order chi connectivity index (χ0) is 11.9. The molecule has 16 heavy (non-hydrogen) atoms. The number of unbranched alkanes of at least 4 members (excludes halogenated alkanes) is 1. The lowest BCUT2D eigenvalue weighted by molar-refractivity contribution is -0.0632. The van der Waals surface area contributed by atoms with E-state index in [1.807, 2.05) is 0 Å². The Labute approximate surface area is 95.7 Å². The van der Waals surface area contributed by atoms with E-state index in [1.54, 1.807) is 0 Å². The molecule has 0 N–H and O–H groups in total. The van der Waals surface area contributed by atoms with Crippen LogP contribution in [0.4, 0.5) is 8.78 Å². The van der Waals surface area contributed by atoms with E-state index in [4.69, 9.17) is 9.47 Å². The molecule has 1 aliphatic heterocycles. The van der Waals surface area contributed by atoms with Gasteiger partial charge in [-0.25, -0.2) is 8.78 Å². The number of hydrogen-bond acceptors (Lipinski definition) is 3. The van der Waals surface area contributed by atoms with Crippen LogP contribution in [0.3, 0.4) is 0 Å². The van der Waals surface area contributed by atoms with E-state index < -0.39 is 12.5 Å². The molecular weight excluding hydrogens is 216 g/mol. The SMILES string of the molecule is CC(F)(F)COCCCCN1CCOCC1. The van der Waals surface area contributed by atoms with Gasteiger partial charge in [0.1, 0.15) is 6.61 Å². The standard InChI is InChI=1S/C11H21F2NO2/c1-11(12,13)10-16-7-3-2-4-14-5-8-15-9-6-14/h2-10H2,1H3. The molecule has 1 saturated heterocycles. The molecule has 0 saturated carbocycles. The van der Waals surface area contributed by atoms with Gasteiger partial charge in [-0.3, -0.25) is 4.90 Å². The van der Waals surface area contributed by atoms with Crippen LogP contribution in [0.15, 0.2) is 0 Å². The number of alkyl halides is 2. The van der Waals surface area contributed by atoms with Gasteiger partial charge in [0, 0.05) is 26.6 Å². The number of hydrogen-bond donors (Lipinski definition) is 0. The highest BCUT2D eigenvalue weighted by molar-refractivity contribution is 4.61. The third-order valence-corrected chi connectivity index (χ3v) is 2.47. The lowest BCUT2D eigenvalue weighted by Gasteiger charge is -2.26. The molecule has 0 atom stereocenters. The van der Waals surface area contributed by atoms with E-state index in [0.717, 1.165) is 52.6 Å². The molecule has 3 nitrogen and oxygen atoms in total. The number of nitrogens with zero attached hydrogens (tertiary/aromatic N) is 1. The summed E-state index contributed by atoms with van der Waals surface area (Å²) in [6, 6.07) is 0. The first-order valence-electron chi connectivity index (χ1n) is 5.83. The second-order valence-electron chi connectivity index (χ2n) is 4.28. The van der Waals surface area contributed by atoms with E-state index in [0.29, 0.717) is 6.61 Å². The van der Waals surface area contributed by atoms with Crippen molar-refractivity contribution in [2.24, 2.45) is 0 Å². The van der Waals surface area contributed by atoms with Crippen LogP contribution in [-0.2, 0) is 9.47 Å². The summed E-state index contributed by atoms with van der Waals surface area (Å²) in [6.45, 7) is 5.41. The average molecular weight is 237 g/mol. The Hall–Kier alpha value is -0.260. The van der Waals surface area contributed by atoms with Crippen molar-refractivity contribution in [3.8, 4) is 0 Å². The lowest BCUT2D eigenvalue weighted by Crippen LogP contribution is -2.36. The fourth-order valence-electron chi connectivity index (χ4n) is 1.62. The number of ether oxygens (including phenoxy) is 2. The van der Waals surface area contributed by atoms with Crippen LogP contribution in [0.25, 0.3) is 0 Å². The summed E-state index contributed by atoms with van der Waals surface area (Å²) < 4.78 is 34.9. The molecule has 0 unspecified atom stereocenters. The van der Waals surface area contributed by atoms with E-state index >= 15 is 0 Å². The summed E-state index contributed by atoms with van der Waals surface area (Å²) in [4.78, 5) is 2.33. The van der Waals surface area contributed by atoms with Gasteiger partial charge < -0.3 is 9.47 Å². The summed E-state index contributed by atoms with van der Waals surface area (Å²) in [5, 5.41) is 0. The van der Waals surface area contributed by atoms with Crippen LogP contribution in [0.2, 0.25) is 0 Å². The van der Waals surface area contributed by atoms with Crippen molar-refractivity contribution in [3.63, 3.8) is 0 Å². The smallest absolute Gasteiger partial charge is 0.268 e. The largest absolute Gasteiger partial charge is 0.379 e. The highest BCUT2D eigenvalue weighted by Gasteiger charge is 2.20. The molecule has 0 aromatic rings. The first kappa shape index (κ1) is 13.8. The quantitative estimate of drug-likeness (QED) is 0.630. The van der Waals surface area contributed by atoms with Crippen molar-refractivity contribution >= 4 is 0 Å².